The van der Waals surface area contributed by atoms with Gasteiger partial charge in [-0.3, -0.25) is 0 Å². The van der Waals surface area contributed by atoms with E-state index >= 15 is 0 Å². The summed E-state index contributed by atoms with van der Waals surface area (Å²) >= 11 is 0. The molecule has 5 aromatic rings. The third-order valence-corrected chi connectivity index (χ3v) is 10.2. The largest absolute Gasteiger partial charge is 0.355 e. The lowest BCUT2D eigenvalue weighted by Gasteiger charge is -2.45. The highest BCUT2D eigenvalue weighted by atomic mass is 15.3. The van der Waals surface area contributed by atoms with Crippen LogP contribution < -0.4 is 4.90 Å². The summed E-state index contributed by atoms with van der Waals surface area (Å²) < 4.78 is 0. The Balaban J connectivity index is 1.45. The summed E-state index contributed by atoms with van der Waals surface area (Å²) in [7, 11) is 0. The van der Waals surface area contributed by atoms with Gasteiger partial charge in [-0.2, -0.15) is 0 Å². The molecule has 0 N–H and O–H groups in total. The molecule has 1 aliphatic carbocycles. The Morgan fingerprint density at radius 3 is 1.37 bits per heavy atom. The second-order valence-electron chi connectivity index (χ2n) is 13.3. The molecular weight excluding hydrogens is 494 g/mol. The molecule has 4 aliphatic rings. The predicted octanol–water partition coefficient (Wildman–Crippen LogP) is 10.3. The van der Waals surface area contributed by atoms with E-state index in [1.54, 1.807) is 0 Å². The lowest BCUT2D eigenvalue weighted by molar-refractivity contribution is 0.552. The molecule has 0 aromatic heterocycles. The zero-order valence-electron chi connectivity index (χ0n) is 23.8. The van der Waals surface area contributed by atoms with Crippen molar-refractivity contribution in [2.75, 3.05) is 4.90 Å². The van der Waals surface area contributed by atoms with Crippen molar-refractivity contribution in [3.8, 4) is 22.3 Å². The van der Waals surface area contributed by atoms with Crippen LogP contribution in [0.4, 0.5) is 5.69 Å². The van der Waals surface area contributed by atoms with Crippen LogP contribution in [0.3, 0.4) is 0 Å². The molecule has 198 valence electrons. The van der Waals surface area contributed by atoms with E-state index in [0.29, 0.717) is 11.8 Å². The van der Waals surface area contributed by atoms with Gasteiger partial charge in [-0.1, -0.05) is 130 Å². The van der Waals surface area contributed by atoms with E-state index in [9.17, 15) is 0 Å². The predicted molar refractivity (Wildman–Crippen MR) is 171 cm³/mol. The van der Waals surface area contributed by atoms with Crippen LogP contribution in [0, 0.1) is 0 Å². The summed E-state index contributed by atoms with van der Waals surface area (Å²) in [6, 6.07) is 42.3. The first kappa shape index (κ1) is 23.4. The van der Waals surface area contributed by atoms with Gasteiger partial charge in [0, 0.05) is 23.0 Å². The molecule has 4 atom stereocenters. The minimum absolute atomic E-state index is 0.0570. The number of hydrogen-bond donors (Lipinski definition) is 0. The van der Waals surface area contributed by atoms with Gasteiger partial charge in [0.25, 0.3) is 0 Å². The molecule has 41 heavy (non-hydrogen) atoms. The van der Waals surface area contributed by atoms with Crippen LogP contribution in [0.15, 0.2) is 109 Å². The Morgan fingerprint density at radius 2 is 0.902 bits per heavy atom. The second kappa shape index (κ2) is 8.10. The van der Waals surface area contributed by atoms with Crippen molar-refractivity contribution in [3.63, 3.8) is 0 Å². The molecular formula is C40H33N. The molecule has 3 heterocycles. The molecule has 1 heteroatoms. The maximum atomic E-state index is 2.86. The SMILES string of the molecule is CC(C)(C)c1cc2c3c(c1)-c1ccccc1[C@H]1[C@@H]4c5ccccc5/C=C\c5ccccc5[C@@H]4[C@@H](c4ccccc4-2)N31. The molecule has 1 saturated heterocycles. The molecule has 0 bridgehead atoms. The Labute approximate surface area is 242 Å². The average Bonchev–Trinajstić information content (AvgIpc) is 3.34. The van der Waals surface area contributed by atoms with Crippen LogP contribution in [0.25, 0.3) is 34.4 Å². The van der Waals surface area contributed by atoms with Crippen molar-refractivity contribution in [1.82, 2.24) is 0 Å². The van der Waals surface area contributed by atoms with E-state index in [1.165, 1.54) is 66.9 Å². The lowest BCUT2D eigenvalue weighted by Crippen LogP contribution is -2.34. The Morgan fingerprint density at radius 1 is 0.488 bits per heavy atom. The zero-order chi connectivity index (χ0) is 27.5. The number of fused-ring (bicyclic) bond motifs is 13. The van der Waals surface area contributed by atoms with Crippen molar-refractivity contribution in [3.05, 3.63) is 148 Å². The number of benzene rings is 5. The highest BCUT2D eigenvalue weighted by Crippen LogP contribution is 2.70. The number of rotatable bonds is 0. The van der Waals surface area contributed by atoms with E-state index in [2.05, 4.69) is 147 Å². The molecule has 3 aliphatic heterocycles. The first-order valence-electron chi connectivity index (χ1n) is 15.0. The van der Waals surface area contributed by atoms with Gasteiger partial charge in [-0.15, -0.1) is 0 Å². The highest BCUT2D eigenvalue weighted by Gasteiger charge is 2.57. The molecule has 5 aromatic carbocycles. The quantitative estimate of drug-likeness (QED) is 0.194. The van der Waals surface area contributed by atoms with Crippen LogP contribution >= 0.6 is 0 Å². The maximum Gasteiger partial charge on any atom is 0.0631 e. The smallest absolute Gasteiger partial charge is 0.0631 e. The van der Waals surface area contributed by atoms with Crippen LogP contribution in [0.1, 0.15) is 83.6 Å². The van der Waals surface area contributed by atoms with Gasteiger partial charge in [-0.05, 0) is 67.6 Å². The molecule has 1 nitrogen and oxygen atoms in total. The summed E-state index contributed by atoms with van der Waals surface area (Å²) in [4.78, 5) is 2.86. The van der Waals surface area contributed by atoms with E-state index in [0.717, 1.165) is 0 Å². The fourth-order valence-corrected chi connectivity index (χ4v) is 8.47. The highest BCUT2D eigenvalue weighted by molar-refractivity contribution is 5.99. The Kier molecular flexibility index (Phi) is 4.62. The summed E-state index contributed by atoms with van der Waals surface area (Å²) in [5.41, 5.74) is 17.0. The molecule has 0 saturated carbocycles. The molecule has 1 fully saturated rings. The average molecular weight is 528 g/mol. The number of nitrogens with zero attached hydrogens (tertiary/aromatic N) is 1. The number of anilines is 1. The van der Waals surface area contributed by atoms with Gasteiger partial charge in [0.15, 0.2) is 0 Å². The third kappa shape index (κ3) is 3.07. The molecule has 0 spiro atoms. The van der Waals surface area contributed by atoms with Crippen LogP contribution in [-0.4, -0.2) is 0 Å². The monoisotopic (exact) mass is 527 g/mol. The van der Waals surface area contributed by atoms with Gasteiger partial charge in [0.2, 0.25) is 0 Å². The Hall–Kier alpha value is -4.36. The van der Waals surface area contributed by atoms with Gasteiger partial charge >= 0.3 is 0 Å². The summed E-state index contributed by atoms with van der Waals surface area (Å²) in [6.07, 6.45) is 4.69. The van der Waals surface area contributed by atoms with E-state index in [1.807, 2.05) is 0 Å². The van der Waals surface area contributed by atoms with E-state index < -0.39 is 0 Å². The zero-order valence-corrected chi connectivity index (χ0v) is 23.8. The van der Waals surface area contributed by atoms with Crippen molar-refractivity contribution in [2.24, 2.45) is 0 Å². The normalized spacial score (nSPS) is 23.1. The first-order chi connectivity index (χ1) is 20.0. The van der Waals surface area contributed by atoms with Crippen LogP contribution in [0.2, 0.25) is 0 Å². The van der Waals surface area contributed by atoms with Crippen molar-refractivity contribution < 1.29 is 0 Å². The standard InChI is InChI=1S/C40H33N/c1-40(2,3)26-22-33-29-16-8-10-18-31(29)38-35-27-14-6-4-12-24(27)20-21-25-13-5-7-15-28(25)36(35)39-32-19-11-9-17-30(32)34(23-26)37(33)41(38)39/h4-23,35-36,38-39H,1-3H3/b21-20-/t35-,36+,38+,39-. The van der Waals surface area contributed by atoms with E-state index in [-0.39, 0.29) is 17.5 Å². The minimum Gasteiger partial charge on any atom is -0.355 e. The van der Waals surface area contributed by atoms with Crippen molar-refractivity contribution in [2.45, 2.75) is 50.1 Å². The Bertz CT molecular complexity index is 1790. The summed E-state index contributed by atoms with van der Waals surface area (Å²) in [5.74, 6) is 0.635. The fraction of sp³-hybridized carbons (Fsp3) is 0.200. The third-order valence-electron chi connectivity index (χ3n) is 10.2. The second-order valence-corrected chi connectivity index (χ2v) is 13.3. The van der Waals surface area contributed by atoms with Gasteiger partial charge < -0.3 is 4.90 Å². The van der Waals surface area contributed by atoms with Crippen LogP contribution in [-0.2, 0) is 5.41 Å². The molecule has 0 unspecified atom stereocenters. The number of hydrogen-bond acceptors (Lipinski definition) is 1. The minimum atomic E-state index is 0.0570. The van der Waals surface area contributed by atoms with Crippen LogP contribution in [0.5, 0.6) is 0 Å². The summed E-state index contributed by atoms with van der Waals surface area (Å²) in [6.45, 7) is 7.03. The van der Waals surface area contributed by atoms with Gasteiger partial charge in [0.1, 0.15) is 0 Å². The lowest BCUT2D eigenvalue weighted by atomic mass is 9.71. The molecule has 0 amide bonds. The molecule has 0 radical (unpaired) electrons. The van der Waals surface area contributed by atoms with Crippen molar-refractivity contribution in [1.29, 1.82) is 0 Å². The first-order valence-corrected chi connectivity index (χ1v) is 15.0. The molecule has 9 rings (SSSR count). The maximum absolute atomic E-state index is 2.86. The van der Waals surface area contributed by atoms with Gasteiger partial charge in [0.05, 0.1) is 17.8 Å². The fourth-order valence-electron chi connectivity index (χ4n) is 8.47. The van der Waals surface area contributed by atoms with E-state index in [4.69, 9.17) is 0 Å². The topological polar surface area (TPSA) is 3.24 Å². The van der Waals surface area contributed by atoms with Crippen molar-refractivity contribution >= 4 is 17.8 Å². The van der Waals surface area contributed by atoms with Gasteiger partial charge in [-0.25, -0.2) is 0 Å². The summed E-state index contributed by atoms with van der Waals surface area (Å²) in [5, 5.41) is 0.